The molecule has 1 amide bonds. The van der Waals surface area contributed by atoms with E-state index in [4.69, 9.17) is 0 Å². The molecule has 82 heteroatoms. The van der Waals surface area contributed by atoms with Crippen LogP contribution in [0.1, 0.15) is 67.3 Å². The molecule has 0 aromatic heterocycles. The molecule has 0 atom stereocenters. The Bertz CT molecular complexity index is 3820. The highest BCUT2D eigenvalue weighted by atomic mass is 28.3. The predicted molar refractivity (Wildman–Crippen MR) is 319 cm³/mol. The summed E-state index contributed by atoms with van der Waals surface area (Å²) in [4.78, 5) is 13.2. The zero-order valence-electron chi connectivity index (χ0n) is 66.9. The average molecular weight is 2360 g/mol. The zero-order chi connectivity index (χ0) is 117. The maximum atomic E-state index is 15.9. The molecule has 0 spiro atoms. The molecule has 0 radical (unpaired) electrons. The van der Waals surface area contributed by atoms with Crippen LogP contribution in [-0.2, 0) is 0 Å². The van der Waals surface area contributed by atoms with E-state index in [1.54, 1.807) is 0 Å². The van der Waals surface area contributed by atoms with E-state index >= 15 is 105 Å². The minimum Gasteiger partial charge on any atom is -0.339 e. The van der Waals surface area contributed by atoms with Gasteiger partial charge in [-0.15, -0.1) is 0 Å². The van der Waals surface area contributed by atoms with Gasteiger partial charge in [0.15, 0.2) is 0 Å². The van der Waals surface area contributed by atoms with Crippen LogP contribution in [0.4, 0.5) is 342 Å². The van der Waals surface area contributed by atoms with E-state index in [-0.39, 0.29) is 24.3 Å². The molecule has 0 saturated carbocycles. The molecule has 856 valence electrons. The standard InChI is InChI=1S/C62H43F78NOSi2/c1-24-4-6-25(7-5-24)26(142)141(14-2-16-143(18-8-27(63,64)33(75,76)39(87,88)45(99,100)51(111,112)57(123,124)125,19-9-28(65,66)34(77,78)40(89,90)46(101,102)52(113,114)58(126,127)128)20-10-29(67,68)35(79,80)41(91,92)47(103,104)53(115,116)59(129,130)131)15-3-17-144(21-11-30(69,70)36(81,82)42(93,94)48(105,106)54(117,118)60(132,133)134,22-12-31(71,72)37(83,84)43(95,96)49(107,108)55(119,120)61(135,136)137)23-13-32(73,74)38(85,86)44(97,98)50(109,110)56(121,122)62(138,139)140/h4-7H,2-3,8-23H2,1H3. The van der Waals surface area contributed by atoms with Crippen LogP contribution in [0, 0.1) is 6.92 Å². The van der Waals surface area contributed by atoms with Gasteiger partial charge in [0.1, 0.15) is 0 Å². The normalized spacial score (nSPS) is 16.5. The SMILES string of the molecule is Cc1ccc(C(=O)N(CCC[Si](CCC(F)(F)C(F)(F)C(F)(F)C(F)(F)C(F)(F)C(F)(F)F)(CCC(F)(F)C(F)(F)C(F)(F)C(F)(F)C(F)(F)C(F)(F)F)CCC(F)(F)C(F)(F)C(F)(F)C(F)(F)C(F)(F)C(F)(F)F)CCC[Si](CCC(F)(F)C(F)(F)C(F)(F)C(F)(F)C(F)(F)C(F)(F)F)(CCC(F)(F)C(F)(F)C(F)(F)C(F)(F)C(F)(F)C(F)(F)F)CCC(F)(F)C(F)(F)C(F)(F)C(F)(F)C(F)(F)C(F)(F)F)cc1. The Morgan fingerprint density at radius 1 is 0.181 bits per heavy atom. The van der Waals surface area contributed by atoms with Gasteiger partial charge in [-0.25, -0.2) is 0 Å². The molecule has 0 unspecified atom stereocenters. The first-order valence-corrected chi connectivity index (χ1v) is 41.5. The molecular weight excluding hydrogens is 2310 g/mol. The minimum atomic E-state index is -9.53. The number of hydrogen-bond donors (Lipinski definition) is 0. The molecule has 144 heavy (non-hydrogen) atoms. The van der Waals surface area contributed by atoms with Crippen molar-refractivity contribution in [3.63, 3.8) is 0 Å². The number of amides is 1. The third kappa shape index (κ3) is 21.6. The zero-order valence-corrected chi connectivity index (χ0v) is 68.9. The Morgan fingerprint density at radius 2 is 0.299 bits per heavy atom. The van der Waals surface area contributed by atoms with Crippen LogP contribution in [0.3, 0.4) is 0 Å². The summed E-state index contributed by atoms with van der Waals surface area (Å²) in [7, 11) is -16.5. The van der Waals surface area contributed by atoms with Gasteiger partial charge >= 0.3 is 215 Å². The number of halogens is 78. The van der Waals surface area contributed by atoms with Crippen LogP contribution >= 0.6 is 0 Å². The molecule has 0 N–H and O–H groups in total. The molecule has 0 heterocycles. The molecule has 0 aliphatic rings. The second-order valence-corrected chi connectivity index (χ2v) is 41.4. The number of hydrogen-bond acceptors (Lipinski definition) is 1. The summed E-state index contributed by atoms with van der Waals surface area (Å²) >= 11 is 0. The van der Waals surface area contributed by atoms with E-state index in [2.05, 4.69) is 0 Å². The van der Waals surface area contributed by atoms with E-state index in [9.17, 15) is 242 Å². The second-order valence-electron chi connectivity index (χ2n) is 31.4. The molecule has 0 aliphatic carbocycles. The summed E-state index contributed by atoms with van der Waals surface area (Å²) in [5, 5.41) is 0. The lowest BCUT2D eigenvalue weighted by Gasteiger charge is -2.43. The minimum absolute atomic E-state index is 0.0718. The van der Waals surface area contributed by atoms with Gasteiger partial charge in [0.2, 0.25) is 0 Å². The number of nitrogens with zero attached hydrogens (tertiary/aromatic N) is 1. The fourth-order valence-corrected chi connectivity index (χ4v) is 22.2. The highest BCUT2D eigenvalue weighted by Crippen LogP contribution is 2.71. The summed E-state index contributed by atoms with van der Waals surface area (Å²) in [5.41, 5.74) is -2.32. The summed E-state index contributed by atoms with van der Waals surface area (Å²) < 4.78 is 1130. The van der Waals surface area contributed by atoms with Gasteiger partial charge in [-0.2, -0.15) is 342 Å². The van der Waals surface area contributed by atoms with Crippen LogP contribution in [-0.4, -0.2) is 255 Å². The first-order valence-electron chi connectivity index (χ1n) is 35.8. The summed E-state index contributed by atoms with van der Waals surface area (Å²) in [6.07, 6.45) is -87.1. The number of benzene rings is 1. The Kier molecular flexibility index (Phi) is 36.3. The summed E-state index contributed by atoms with van der Waals surface area (Å²) in [6, 6.07) is -31.7. The highest BCUT2D eigenvalue weighted by molar-refractivity contribution is 6.80. The lowest BCUT2D eigenvalue weighted by Crippen LogP contribution is -2.70. The van der Waals surface area contributed by atoms with Crippen molar-refractivity contribution in [1.29, 1.82) is 0 Å². The number of rotatable bonds is 51. The topological polar surface area (TPSA) is 20.3 Å². The average Bonchev–Trinajstić information content (AvgIpc) is 0.728. The maximum Gasteiger partial charge on any atom is 0.460 e. The molecular formula is C62H43F78NOSi2. The smallest absolute Gasteiger partial charge is 0.339 e. The Morgan fingerprint density at radius 3 is 0.417 bits per heavy atom. The van der Waals surface area contributed by atoms with Gasteiger partial charge in [0.25, 0.3) is 5.91 Å². The predicted octanol–water partition coefficient (Wildman–Crippen LogP) is 32.9. The monoisotopic (exact) mass is 2360 g/mol. The molecule has 1 rings (SSSR count). The molecule has 0 bridgehead atoms. The van der Waals surface area contributed by atoms with Crippen molar-refractivity contribution in [3.8, 4) is 0 Å². The van der Waals surface area contributed by atoms with Gasteiger partial charge in [0, 0.05) is 57.2 Å². The van der Waals surface area contributed by atoms with Gasteiger partial charge in [-0.3, -0.25) is 4.79 Å². The van der Waals surface area contributed by atoms with Crippen molar-refractivity contribution >= 4 is 22.1 Å². The van der Waals surface area contributed by atoms with Crippen LogP contribution in [0.2, 0.25) is 48.4 Å². The third-order valence-electron chi connectivity index (χ3n) is 21.7. The Balaban J connectivity index is 5.65. The van der Waals surface area contributed by atoms with Crippen molar-refractivity contribution in [3.05, 3.63) is 35.4 Å². The van der Waals surface area contributed by atoms with Crippen LogP contribution in [0.25, 0.3) is 0 Å². The largest absolute Gasteiger partial charge is 0.460 e. The van der Waals surface area contributed by atoms with E-state index in [0.717, 1.165) is 0 Å². The fraction of sp³-hybridized carbons (Fsp3) is 0.887. The van der Waals surface area contributed by atoms with Crippen molar-refractivity contribution < 1.29 is 347 Å². The molecule has 2 nitrogen and oxygen atoms in total. The van der Waals surface area contributed by atoms with Gasteiger partial charge in [-0.05, 0) is 31.9 Å². The van der Waals surface area contributed by atoms with Crippen molar-refractivity contribution in [2.45, 2.75) is 321 Å². The van der Waals surface area contributed by atoms with E-state index in [1.807, 2.05) is 0 Å². The fourth-order valence-electron chi connectivity index (χ4n) is 12.3. The first-order chi connectivity index (χ1) is 61.7. The first kappa shape index (κ1) is 136. The number of alkyl halides is 78. The van der Waals surface area contributed by atoms with Gasteiger partial charge < -0.3 is 4.90 Å². The molecule has 0 aliphatic heterocycles. The molecule has 0 fully saturated rings. The van der Waals surface area contributed by atoms with Gasteiger partial charge in [0.05, 0.1) is 16.1 Å². The molecule has 1 aromatic rings. The molecule has 0 saturated heterocycles. The number of carbonyl (C=O) groups excluding carboxylic acids is 1. The highest BCUT2D eigenvalue weighted by Gasteiger charge is 2.98. The lowest BCUT2D eigenvalue weighted by molar-refractivity contribution is -0.440. The van der Waals surface area contributed by atoms with E-state index in [0.29, 0.717) is 6.92 Å². The second kappa shape index (κ2) is 38.5. The van der Waals surface area contributed by atoms with Crippen molar-refractivity contribution in [2.75, 3.05) is 13.1 Å². The lowest BCUT2D eigenvalue weighted by atomic mass is 9.93. The van der Waals surface area contributed by atoms with Crippen LogP contribution in [0.15, 0.2) is 24.3 Å². The summed E-state index contributed by atoms with van der Waals surface area (Å²) in [5.74, 6) is -278. The Hall–Kier alpha value is -6.34. The third-order valence-corrected chi connectivity index (χ3v) is 32.4. The number of carbonyl (C=O) groups is 1. The van der Waals surface area contributed by atoms with Crippen molar-refractivity contribution in [2.24, 2.45) is 0 Å². The Labute approximate surface area is 743 Å². The maximum absolute atomic E-state index is 15.9. The van der Waals surface area contributed by atoms with E-state index in [1.165, 1.54) is 0 Å². The van der Waals surface area contributed by atoms with Crippen LogP contribution < -0.4 is 0 Å². The van der Waals surface area contributed by atoms with Crippen LogP contribution in [0.5, 0.6) is 0 Å². The summed E-state index contributed by atoms with van der Waals surface area (Å²) in [6.45, 7) is -5.35. The number of aryl methyl sites for hydroxylation is 1. The van der Waals surface area contributed by atoms with Gasteiger partial charge in [-0.1, -0.05) is 66.0 Å². The van der Waals surface area contributed by atoms with Crippen molar-refractivity contribution in [1.82, 2.24) is 4.90 Å². The molecule has 1 aromatic carbocycles. The van der Waals surface area contributed by atoms with E-state index < -0.39 is 366 Å². The quantitative estimate of drug-likeness (QED) is 0.0470.